The number of nitro benzene ring substituents is 1. The van der Waals surface area contributed by atoms with Crippen LogP contribution >= 0.6 is 15.9 Å². The zero-order chi connectivity index (χ0) is 18.6. The molecule has 7 nitrogen and oxygen atoms in total. The highest BCUT2D eigenvalue weighted by Crippen LogP contribution is 2.25. The van der Waals surface area contributed by atoms with Crippen molar-refractivity contribution in [2.75, 3.05) is 19.0 Å². The first-order valence-corrected chi connectivity index (χ1v) is 8.15. The molecule has 0 saturated carbocycles. The number of nitrogens with one attached hydrogen (secondary N) is 1. The molecule has 0 saturated heterocycles. The summed E-state index contributed by atoms with van der Waals surface area (Å²) in [6.07, 6.45) is 1.51. The number of carbonyl (C=O) groups is 1. The Balaban J connectivity index is 2.12. The molecule has 0 fully saturated rings. The van der Waals surface area contributed by atoms with Crippen LogP contribution in [0.4, 0.5) is 11.4 Å². The summed E-state index contributed by atoms with van der Waals surface area (Å²) in [6.45, 7) is 1.54. The van der Waals surface area contributed by atoms with Crippen LogP contribution in [0.15, 0.2) is 46.0 Å². The quantitative estimate of drug-likeness (QED) is 0.469. The Labute approximate surface area is 153 Å². The maximum absolute atomic E-state index is 12.2. The van der Waals surface area contributed by atoms with Gasteiger partial charge in [-0.15, -0.1) is 0 Å². The number of benzene rings is 2. The highest BCUT2D eigenvalue weighted by Gasteiger charge is 2.17. The van der Waals surface area contributed by atoms with Gasteiger partial charge in [0.1, 0.15) is 0 Å². The highest BCUT2D eigenvalue weighted by atomic mass is 79.9. The van der Waals surface area contributed by atoms with Crippen LogP contribution in [0.5, 0.6) is 0 Å². The van der Waals surface area contributed by atoms with E-state index in [1.165, 1.54) is 31.3 Å². The molecule has 2 aromatic rings. The Kier molecular flexibility index (Phi) is 5.87. The van der Waals surface area contributed by atoms with Crippen LogP contribution in [0.1, 0.15) is 21.5 Å². The summed E-state index contributed by atoms with van der Waals surface area (Å²) in [4.78, 5) is 24.6. The van der Waals surface area contributed by atoms with Crippen molar-refractivity contribution in [1.82, 2.24) is 5.43 Å². The predicted octanol–water partition coefficient (Wildman–Crippen LogP) is 3.50. The Morgan fingerprint density at radius 1 is 1.32 bits per heavy atom. The van der Waals surface area contributed by atoms with Crippen LogP contribution < -0.4 is 10.3 Å². The summed E-state index contributed by atoms with van der Waals surface area (Å²) in [7, 11) is 3.88. The third-order valence-corrected chi connectivity index (χ3v) is 4.21. The van der Waals surface area contributed by atoms with Crippen molar-refractivity contribution in [1.29, 1.82) is 0 Å². The topological polar surface area (TPSA) is 87.8 Å². The van der Waals surface area contributed by atoms with Crippen molar-refractivity contribution in [3.8, 4) is 0 Å². The van der Waals surface area contributed by atoms with Crippen LogP contribution in [0.2, 0.25) is 0 Å². The van der Waals surface area contributed by atoms with Gasteiger partial charge in [-0.05, 0) is 46.6 Å². The number of halogens is 1. The predicted molar refractivity (Wildman–Crippen MR) is 101 cm³/mol. The zero-order valence-corrected chi connectivity index (χ0v) is 15.6. The Hall–Kier alpha value is -2.74. The lowest BCUT2D eigenvalue weighted by atomic mass is 10.1. The molecule has 0 aromatic heterocycles. The van der Waals surface area contributed by atoms with Crippen molar-refractivity contribution < 1.29 is 9.72 Å². The van der Waals surface area contributed by atoms with Gasteiger partial charge in [0.05, 0.1) is 22.4 Å². The minimum absolute atomic E-state index is 0.0974. The third kappa shape index (κ3) is 4.42. The van der Waals surface area contributed by atoms with Gasteiger partial charge in [0.25, 0.3) is 11.6 Å². The third-order valence-electron chi connectivity index (χ3n) is 3.58. The summed E-state index contributed by atoms with van der Waals surface area (Å²) in [5.74, 6) is -0.499. The number of rotatable bonds is 5. The van der Waals surface area contributed by atoms with Gasteiger partial charge in [-0.1, -0.05) is 12.1 Å². The molecule has 130 valence electrons. The van der Waals surface area contributed by atoms with Gasteiger partial charge >= 0.3 is 0 Å². The van der Waals surface area contributed by atoms with Gasteiger partial charge in [0, 0.05) is 30.2 Å². The second-order valence-corrected chi connectivity index (χ2v) is 6.37. The molecule has 2 aromatic carbocycles. The first-order valence-electron chi connectivity index (χ1n) is 7.35. The molecule has 0 aliphatic heterocycles. The van der Waals surface area contributed by atoms with E-state index < -0.39 is 10.8 Å². The fraction of sp³-hybridized carbons (Fsp3) is 0.176. The molecule has 0 heterocycles. The second kappa shape index (κ2) is 7.89. The average molecular weight is 405 g/mol. The van der Waals surface area contributed by atoms with E-state index in [0.29, 0.717) is 5.56 Å². The number of nitro groups is 1. The lowest BCUT2D eigenvalue weighted by molar-refractivity contribution is -0.385. The second-order valence-electron chi connectivity index (χ2n) is 5.51. The number of nitrogens with zero attached hydrogens (tertiary/aromatic N) is 3. The normalized spacial score (nSPS) is 10.7. The van der Waals surface area contributed by atoms with Crippen molar-refractivity contribution in [3.05, 3.63) is 67.7 Å². The fourth-order valence-electron chi connectivity index (χ4n) is 2.26. The molecule has 0 aliphatic rings. The maximum atomic E-state index is 12.2. The van der Waals surface area contributed by atoms with E-state index in [0.717, 1.165) is 15.7 Å². The van der Waals surface area contributed by atoms with Crippen LogP contribution in [-0.4, -0.2) is 31.1 Å². The largest absolute Gasteiger partial charge is 0.377 e. The molecule has 2 rings (SSSR count). The molecule has 1 amide bonds. The SMILES string of the molecule is Cc1c(C(=O)N/N=C\c2ccc(N(C)C)c(Br)c2)cccc1[N+](=O)[O-]. The molecular formula is C17H17BrN4O3. The molecule has 0 radical (unpaired) electrons. The van der Waals surface area contributed by atoms with E-state index in [1.807, 2.05) is 37.2 Å². The van der Waals surface area contributed by atoms with E-state index in [9.17, 15) is 14.9 Å². The first-order chi connectivity index (χ1) is 11.8. The lowest BCUT2D eigenvalue weighted by Crippen LogP contribution is -2.19. The Morgan fingerprint density at radius 3 is 2.64 bits per heavy atom. The lowest BCUT2D eigenvalue weighted by Gasteiger charge is -2.14. The number of hydrogen-bond donors (Lipinski definition) is 1. The molecule has 0 aliphatic carbocycles. The smallest absolute Gasteiger partial charge is 0.273 e. The number of anilines is 1. The monoisotopic (exact) mass is 404 g/mol. The molecule has 8 heteroatoms. The van der Waals surface area contributed by atoms with Crippen molar-refractivity contribution in [2.45, 2.75) is 6.92 Å². The van der Waals surface area contributed by atoms with Crippen molar-refractivity contribution >= 4 is 39.4 Å². The molecule has 0 bridgehead atoms. The Bertz CT molecular complexity index is 850. The number of amides is 1. The van der Waals surface area contributed by atoms with Crippen LogP contribution in [-0.2, 0) is 0 Å². The average Bonchev–Trinajstić information content (AvgIpc) is 2.54. The summed E-state index contributed by atoms with van der Waals surface area (Å²) in [5, 5.41) is 14.9. The van der Waals surface area contributed by atoms with Crippen LogP contribution in [0.3, 0.4) is 0 Å². The molecule has 0 spiro atoms. The van der Waals surface area contributed by atoms with E-state index in [1.54, 1.807) is 0 Å². The van der Waals surface area contributed by atoms with Gasteiger partial charge < -0.3 is 4.90 Å². The van der Waals surface area contributed by atoms with Gasteiger partial charge in [-0.2, -0.15) is 5.10 Å². The summed E-state index contributed by atoms with van der Waals surface area (Å²) >= 11 is 3.48. The summed E-state index contributed by atoms with van der Waals surface area (Å²) < 4.78 is 0.905. The summed E-state index contributed by atoms with van der Waals surface area (Å²) in [5.41, 5.74) is 4.64. The summed E-state index contributed by atoms with van der Waals surface area (Å²) in [6, 6.07) is 10.0. The molecule has 0 atom stereocenters. The molecular weight excluding hydrogens is 388 g/mol. The molecule has 0 unspecified atom stereocenters. The number of hydrogen-bond acceptors (Lipinski definition) is 5. The fourth-order valence-corrected chi connectivity index (χ4v) is 3.01. The maximum Gasteiger partial charge on any atom is 0.273 e. The van der Waals surface area contributed by atoms with E-state index in [2.05, 4.69) is 26.5 Å². The number of carbonyl (C=O) groups excluding carboxylic acids is 1. The first kappa shape index (κ1) is 18.6. The minimum Gasteiger partial charge on any atom is -0.377 e. The number of hydrazone groups is 1. The van der Waals surface area contributed by atoms with Gasteiger partial charge in [0.2, 0.25) is 0 Å². The van der Waals surface area contributed by atoms with E-state index in [-0.39, 0.29) is 11.3 Å². The zero-order valence-electron chi connectivity index (χ0n) is 14.0. The standard InChI is InChI=1S/C17H17BrN4O3/c1-11-13(5-4-6-15(11)22(24)25)17(23)20-19-10-12-7-8-16(21(2)3)14(18)9-12/h4-10H,1-3H3,(H,20,23)/b19-10-. The van der Waals surface area contributed by atoms with Gasteiger partial charge in [-0.3, -0.25) is 14.9 Å². The highest BCUT2D eigenvalue weighted by molar-refractivity contribution is 9.10. The van der Waals surface area contributed by atoms with Crippen molar-refractivity contribution in [3.63, 3.8) is 0 Å². The van der Waals surface area contributed by atoms with Crippen molar-refractivity contribution in [2.24, 2.45) is 5.10 Å². The van der Waals surface area contributed by atoms with Gasteiger partial charge in [0.15, 0.2) is 0 Å². The van der Waals surface area contributed by atoms with Gasteiger partial charge in [-0.25, -0.2) is 5.43 Å². The van der Waals surface area contributed by atoms with Crippen LogP contribution in [0, 0.1) is 17.0 Å². The molecule has 25 heavy (non-hydrogen) atoms. The molecule has 1 N–H and O–H groups in total. The Morgan fingerprint density at radius 2 is 2.04 bits per heavy atom. The van der Waals surface area contributed by atoms with Crippen LogP contribution in [0.25, 0.3) is 0 Å². The van der Waals surface area contributed by atoms with E-state index >= 15 is 0 Å². The minimum atomic E-state index is -0.515. The van der Waals surface area contributed by atoms with E-state index in [4.69, 9.17) is 0 Å².